The van der Waals surface area contributed by atoms with Crippen molar-refractivity contribution in [3.63, 3.8) is 0 Å². The van der Waals surface area contributed by atoms with E-state index >= 15 is 0 Å². The molecule has 0 aliphatic rings. The average molecular weight is 277 g/mol. The van der Waals surface area contributed by atoms with E-state index in [1.54, 1.807) is 29.5 Å². The average Bonchev–Trinajstić information content (AvgIpc) is 2.97. The van der Waals surface area contributed by atoms with Crippen molar-refractivity contribution in [2.24, 2.45) is 7.05 Å². The highest BCUT2D eigenvalue weighted by Gasteiger charge is 2.17. The minimum absolute atomic E-state index is 0.332. The lowest BCUT2D eigenvalue weighted by atomic mass is 10.2. The summed E-state index contributed by atoms with van der Waals surface area (Å²) in [5, 5.41) is 8.54. The third-order valence-electron chi connectivity index (χ3n) is 2.93. The van der Waals surface area contributed by atoms with Crippen molar-refractivity contribution in [2.75, 3.05) is 12.3 Å². The molecule has 20 heavy (non-hydrogen) atoms. The Morgan fingerprint density at radius 3 is 2.85 bits per heavy atom. The number of carbonyl (C=O) groups is 1. The molecule has 0 spiro atoms. The van der Waals surface area contributed by atoms with Gasteiger partial charge in [-0.25, -0.2) is 14.2 Å². The quantitative estimate of drug-likeness (QED) is 0.833. The van der Waals surface area contributed by atoms with Gasteiger partial charge in [0, 0.05) is 13.2 Å². The van der Waals surface area contributed by atoms with Crippen molar-refractivity contribution in [3.8, 4) is 5.82 Å². The Kier molecular flexibility index (Phi) is 4.07. The van der Waals surface area contributed by atoms with E-state index in [1.165, 1.54) is 6.20 Å². The predicted octanol–water partition coefficient (Wildman–Crippen LogP) is 1.32. The van der Waals surface area contributed by atoms with Gasteiger partial charge in [-0.2, -0.15) is 10.2 Å². The number of anilines is 1. The van der Waals surface area contributed by atoms with Crippen LogP contribution in [0.1, 0.15) is 36.3 Å². The summed E-state index contributed by atoms with van der Waals surface area (Å²) in [4.78, 5) is 11.6. The number of carbonyl (C=O) groups excluding carboxylic acids is 1. The molecule has 0 amide bonds. The second kappa shape index (κ2) is 5.77. The van der Waals surface area contributed by atoms with Crippen LogP contribution in [0.15, 0.2) is 12.4 Å². The number of rotatable bonds is 5. The highest BCUT2D eigenvalue weighted by Crippen LogP contribution is 2.21. The smallest absolute Gasteiger partial charge is 0.341 e. The first-order valence-corrected chi connectivity index (χ1v) is 6.62. The van der Waals surface area contributed by atoms with E-state index in [0.717, 1.165) is 18.5 Å². The summed E-state index contributed by atoms with van der Waals surface area (Å²) in [5.41, 5.74) is 7.94. The van der Waals surface area contributed by atoms with Gasteiger partial charge in [-0.3, -0.25) is 0 Å². The van der Waals surface area contributed by atoms with Crippen LogP contribution in [0.5, 0.6) is 0 Å². The molecule has 0 saturated heterocycles. The molecule has 0 aromatic carbocycles. The van der Waals surface area contributed by atoms with E-state index in [2.05, 4.69) is 17.1 Å². The SMILES string of the molecule is CCCc1nn(C)c(-n2cc(C(=O)OCC)cn2)c1N. The Hall–Kier alpha value is -2.31. The van der Waals surface area contributed by atoms with E-state index in [9.17, 15) is 4.79 Å². The molecule has 2 aromatic heterocycles. The molecule has 108 valence electrons. The van der Waals surface area contributed by atoms with Crippen molar-refractivity contribution < 1.29 is 9.53 Å². The maximum atomic E-state index is 11.6. The number of esters is 1. The molecule has 0 bridgehead atoms. The summed E-state index contributed by atoms with van der Waals surface area (Å²) in [7, 11) is 1.80. The molecule has 0 atom stereocenters. The molecule has 7 heteroatoms. The molecule has 2 aromatic rings. The highest BCUT2D eigenvalue weighted by atomic mass is 16.5. The van der Waals surface area contributed by atoms with Gasteiger partial charge in [0.2, 0.25) is 0 Å². The van der Waals surface area contributed by atoms with Gasteiger partial charge in [0.15, 0.2) is 5.82 Å². The fraction of sp³-hybridized carbons (Fsp3) is 0.462. The minimum Gasteiger partial charge on any atom is -0.462 e. The number of nitrogens with zero attached hydrogens (tertiary/aromatic N) is 4. The summed E-state index contributed by atoms with van der Waals surface area (Å²) < 4.78 is 8.15. The third kappa shape index (κ3) is 2.52. The second-order valence-electron chi connectivity index (χ2n) is 4.45. The molecule has 0 unspecified atom stereocenters. The van der Waals surface area contributed by atoms with Gasteiger partial charge in [-0.05, 0) is 13.3 Å². The van der Waals surface area contributed by atoms with Crippen LogP contribution in [0, 0.1) is 0 Å². The second-order valence-corrected chi connectivity index (χ2v) is 4.45. The zero-order valence-corrected chi connectivity index (χ0v) is 12.0. The normalized spacial score (nSPS) is 10.8. The Morgan fingerprint density at radius 1 is 1.45 bits per heavy atom. The molecule has 0 radical (unpaired) electrons. The van der Waals surface area contributed by atoms with Crippen LogP contribution in [0.25, 0.3) is 5.82 Å². The Bertz CT molecular complexity index is 614. The first-order valence-electron chi connectivity index (χ1n) is 6.62. The number of hydrogen-bond acceptors (Lipinski definition) is 5. The maximum absolute atomic E-state index is 11.6. The number of nitrogens with two attached hydrogens (primary N) is 1. The van der Waals surface area contributed by atoms with Gasteiger partial charge in [-0.15, -0.1) is 0 Å². The van der Waals surface area contributed by atoms with Crippen LogP contribution in [-0.4, -0.2) is 32.1 Å². The van der Waals surface area contributed by atoms with Crippen molar-refractivity contribution in [2.45, 2.75) is 26.7 Å². The molecule has 2 N–H and O–H groups in total. The van der Waals surface area contributed by atoms with Crippen molar-refractivity contribution in [1.82, 2.24) is 19.6 Å². The third-order valence-corrected chi connectivity index (χ3v) is 2.93. The standard InChI is InChI=1S/C13H19N5O2/c1-4-6-10-11(14)12(17(3)16-10)18-8-9(7-15-18)13(19)20-5-2/h7-8H,4-6,14H2,1-3H3. The highest BCUT2D eigenvalue weighted by molar-refractivity contribution is 5.88. The van der Waals surface area contributed by atoms with Gasteiger partial charge in [0.1, 0.15) is 5.69 Å². The molecule has 0 saturated carbocycles. The molecular formula is C13H19N5O2. The summed E-state index contributed by atoms with van der Waals surface area (Å²) in [6.07, 6.45) is 4.84. The largest absolute Gasteiger partial charge is 0.462 e. The van der Waals surface area contributed by atoms with Crippen LogP contribution in [0.2, 0.25) is 0 Å². The molecule has 0 fully saturated rings. The zero-order valence-electron chi connectivity index (χ0n) is 12.0. The first kappa shape index (κ1) is 14.1. The predicted molar refractivity (Wildman–Crippen MR) is 74.7 cm³/mol. The maximum Gasteiger partial charge on any atom is 0.341 e. The monoisotopic (exact) mass is 277 g/mol. The number of ether oxygens (including phenoxy) is 1. The summed E-state index contributed by atoms with van der Waals surface area (Å²) in [5.74, 6) is 0.261. The van der Waals surface area contributed by atoms with Crippen LogP contribution in [-0.2, 0) is 18.2 Å². The Morgan fingerprint density at radius 2 is 2.20 bits per heavy atom. The van der Waals surface area contributed by atoms with E-state index in [0.29, 0.717) is 23.7 Å². The van der Waals surface area contributed by atoms with Gasteiger partial charge < -0.3 is 10.5 Å². The summed E-state index contributed by atoms with van der Waals surface area (Å²) in [6, 6.07) is 0. The van der Waals surface area contributed by atoms with Crippen LogP contribution >= 0.6 is 0 Å². The molecule has 2 heterocycles. The number of nitrogen functional groups attached to an aromatic ring is 1. The van der Waals surface area contributed by atoms with Gasteiger partial charge >= 0.3 is 5.97 Å². The topological polar surface area (TPSA) is 88.0 Å². The van der Waals surface area contributed by atoms with Crippen LogP contribution < -0.4 is 5.73 Å². The van der Waals surface area contributed by atoms with Crippen molar-refractivity contribution >= 4 is 11.7 Å². The number of hydrogen-bond donors (Lipinski definition) is 1. The van der Waals surface area contributed by atoms with Gasteiger partial charge in [-0.1, -0.05) is 13.3 Å². The summed E-state index contributed by atoms with van der Waals surface area (Å²) in [6.45, 7) is 4.16. The lowest BCUT2D eigenvalue weighted by Crippen LogP contribution is -2.06. The lowest BCUT2D eigenvalue weighted by molar-refractivity contribution is 0.0526. The summed E-state index contributed by atoms with van der Waals surface area (Å²) >= 11 is 0. The fourth-order valence-electron chi connectivity index (χ4n) is 2.04. The number of aromatic nitrogens is 4. The molecule has 0 aliphatic heterocycles. The first-order chi connectivity index (χ1) is 9.58. The van der Waals surface area contributed by atoms with Crippen molar-refractivity contribution in [1.29, 1.82) is 0 Å². The Labute approximate surface area is 117 Å². The van der Waals surface area contributed by atoms with E-state index in [-0.39, 0.29) is 0 Å². The Balaban J connectivity index is 2.35. The molecule has 7 nitrogen and oxygen atoms in total. The van der Waals surface area contributed by atoms with Crippen LogP contribution in [0.3, 0.4) is 0 Å². The van der Waals surface area contributed by atoms with Crippen LogP contribution in [0.4, 0.5) is 5.69 Å². The molecule has 2 rings (SSSR count). The lowest BCUT2D eigenvalue weighted by Gasteiger charge is -2.02. The van der Waals surface area contributed by atoms with Gasteiger partial charge in [0.05, 0.1) is 24.1 Å². The molecular weight excluding hydrogens is 258 g/mol. The molecule has 0 aliphatic carbocycles. The van der Waals surface area contributed by atoms with E-state index in [4.69, 9.17) is 10.5 Å². The van der Waals surface area contributed by atoms with E-state index < -0.39 is 5.97 Å². The van der Waals surface area contributed by atoms with Crippen molar-refractivity contribution in [3.05, 3.63) is 23.7 Å². The number of aryl methyl sites for hydroxylation is 2. The van der Waals surface area contributed by atoms with Gasteiger partial charge in [0.25, 0.3) is 0 Å². The fourth-order valence-corrected chi connectivity index (χ4v) is 2.04. The zero-order chi connectivity index (χ0) is 14.7. The van der Waals surface area contributed by atoms with E-state index in [1.807, 2.05) is 0 Å². The minimum atomic E-state index is -0.395.